The summed E-state index contributed by atoms with van der Waals surface area (Å²) in [7, 11) is 0. The van der Waals surface area contributed by atoms with Crippen molar-refractivity contribution in [3.8, 4) is 17.0 Å². The number of imidazole rings is 1. The molecule has 3 aromatic rings. The van der Waals surface area contributed by atoms with Crippen molar-refractivity contribution >= 4 is 11.0 Å². The second-order valence-electron chi connectivity index (χ2n) is 3.48. The Labute approximate surface area is 91.6 Å². The van der Waals surface area contributed by atoms with Crippen LogP contribution < -0.4 is 0 Å². The molecule has 0 aliphatic carbocycles. The third kappa shape index (κ3) is 1.24. The van der Waals surface area contributed by atoms with Crippen LogP contribution in [0, 0.1) is 0 Å². The molecule has 16 heavy (non-hydrogen) atoms. The number of phenols is 1. The Kier molecular flexibility index (Phi) is 1.86. The highest BCUT2D eigenvalue weighted by atomic mass is 16.3. The molecule has 0 radical (unpaired) electrons. The zero-order chi connectivity index (χ0) is 11.0. The highest BCUT2D eigenvalue weighted by molar-refractivity contribution is 5.90. The van der Waals surface area contributed by atoms with E-state index in [1.807, 2.05) is 18.2 Å². The standard InChI is InChI=1S/C12H9N3O/c16-10-4-2-1-3-8(10)11-12-9(5-6-13-11)14-7-15-12/h1-7,16H,(H,14,15). The van der Waals surface area contributed by atoms with Crippen LogP contribution in [0.2, 0.25) is 0 Å². The van der Waals surface area contributed by atoms with Crippen molar-refractivity contribution in [2.45, 2.75) is 0 Å². The fourth-order valence-electron chi connectivity index (χ4n) is 1.74. The van der Waals surface area contributed by atoms with Crippen molar-refractivity contribution in [2.24, 2.45) is 0 Å². The van der Waals surface area contributed by atoms with Gasteiger partial charge in [0.1, 0.15) is 17.0 Å². The van der Waals surface area contributed by atoms with Gasteiger partial charge in [-0.1, -0.05) is 12.1 Å². The number of hydrogen-bond acceptors (Lipinski definition) is 3. The number of aromatic nitrogens is 3. The molecule has 0 spiro atoms. The van der Waals surface area contributed by atoms with E-state index in [1.54, 1.807) is 24.7 Å². The smallest absolute Gasteiger partial charge is 0.125 e. The third-order valence-electron chi connectivity index (χ3n) is 2.50. The lowest BCUT2D eigenvalue weighted by atomic mass is 10.1. The van der Waals surface area contributed by atoms with E-state index in [-0.39, 0.29) is 5.75 Å². The summed E-state index contributed by atoms with van der Waals surface area (Å²) in [6.45, 7) is 0. The van der Waals surface area contributed by atoms with Gasteiger partial charge in [-0.25, -0.2) is 4.98 Å². The van der Waals surface area contributed by atoms with Gasteiger partial charge in [0, 0.05) is 11.8 Å². The molecule has 0 aliphatic rings. The summed E-state index contributed by atoms with van der Waals surface area (Å²) in [5, 5.41) is 9.78. The van der Waals surface area contributed by atoms with E-state index >= 15 is 0 Å². The number of nitrogens with one attached hydrogen (secondary N) is 1. The summed E-state index contributed by atoms with van der Waals surface area (Å²) in [6.07, 6.45) is 3.32. The summed E-state index contributed by atoms with van der Waals surface area (Å²) in [4.78, 5) is 11.5. The molecule has 0 saturated carbocycles. The molecule has 2 heterocycles. The number of aromatic hydroxyl groups is 1. The Hall–Kier alpha value is -2.36. The number of fused-ring (bicyclic) bond motifs is 1. The molecule has 0 unspecified atom stereocenters. The number of phenolic OH excluding ortho intramolecular Hbond substituents is 1. The molecule has 0 fully saturated rings. The van der Waals surface area contributed by atoms with E-state index in [0.29, 0.717) is 11.3 Å². The van der Waals surface area contributed by atoms with Crippen LogP contribution in [0.5, 0.6) is 5.75 Å². The summed E-state index contributed by atoms with van der Waals surface area (Å²) in [6, 6.07) is 8.96. The van der Waals surface area contributed by atoms with E-state index in [2.05, 4.69) is 15.0 Å². The van der Waals surface area contributed by atoms with E-state index in [4.69, 9.17) is 0 Å². The maximum absolute atomic E-state index is 9.78. The zero-order valence-electron chi connectivity index (χ0n) is 8.38. The first-order valence-corrected chi connectivity index (χ1v) is 4.93. The van der Waals surface area contributed by atoms with Crippen molar-refractivity contribution in [1.29, 1.82) is 0 Å². The molecule has 1 aromatic carbocycles. The minimum absolute atomic E-state index is 0.213. The quantitative estimate of drug-likeness (QED) is 0.649. The number of benzene rings is 1. The maximum Gasteiger partial charge on any atom is 0.125 e. The third-order valence-corrected chi connectivity index (χ3v) is 2.50. The monoisotopic (exact) mass is 211 g/mol. The van der Waals surface area contributed by atoms with Crippen molar-refractivity contribution < 1.29 is 5.11 Å². The molecular weight excluding hydrogens is 202 g/mol. The minimum Gasteiger partial charge on any atom is -0.507 e. The highest BCUT2D eigenvalue weighted by Crippen LogP contribution is 2.30. The van der Waals surface area contributed by atoms with Crippen LogP contribution in [0.15, 0.2) is 42.9 Å². The van der Waals surface area contributed by atoms with Crippen molar-refractivity contribution in [3.05, 3.63) is 42.9 Å². The summed E-state index contributed by atoms with van der Waals surface area (Å²) < 4.78 is 0. The van der Waals surface area contributed by atoms with Crippen LogP contribution in [0.25, 0.3) is 22.3 Å². The van der Waals surface area contributed by atoms with Gasteiger partial charge < -0.3 is 10.1 Å². The molecule has 0 bridgehead atoms. The molecule has 0 amide bonds. The van der Waals surface area contributed by atoms with Gasteiger partial charge in [0.25, 0.3) is 0 Å². The molecule has 3 rings (SSSR count). The number of pyridine rings is 1. The van der Waals surface area contributed by atoms with Gasteiger partial charge in [0.2, 0.25) is 0 Å². The first-order valence-electron chi connectivity index (χ1n) is 4.93. The van der Waals surface area contributed by atoms with E-state index in [9.17, 15) is 5.11 Å². The maximum atomic E-state index is 9.78. The van der Waals surface area contributed by atoms with Gasteiger partial charge in [0.15, 0.2) is 0 Å². The number of para-hydroxylation sites is 1. The number of aromatic amines is 1. The van der Waals surface area contributed by atoms with Gasteiger partial charge in [0.05, 0.1) is 11.8 Å². The van der Waals surface area contributed by atoms with Gasteiger partial charge >= 0.3 is 0 Å². The van der Waals surface area contributed by atoms with E-state index in [1.165, 1.54) is 0 Å². The first-order chi connectivity index (χ1) is 7.86. The largest absolute Gasteiger partial charge is 0.507 e. The lowest BCUT2D eigenvalue weighted by Crippen LogP contribution is -1.85. The summed E-state index contributed by atoms with van der Waals surface area (Å²) >= 11 is 0. The van der Waals surface area contributed by atoms with Crippen LogP contribution in [0.1, 0.15) is 0 Å². The van der Waals surface area contributed by atoms with Gasteiger partial charge in [-0.15, -0.1) is 0 Å². The van der Waals surface area contributed by atoms with E-state index in [0.717, 1.165) is 11.0 Å². The Balaban J connectivity index is 2.34. The Morgan fingerprint density at radius 3 is 2.81 bits per heavy atom. The van der Waals surface area contributed by atoms with Crippen LogP contribution >= 0.6 is 0 Å². The lowest BCUT2D eigenvalue weighted by molar-refractivity contribution is 0.477. The fraction of sp³-hybridized carbons (Fsp3) is 0. The molecule has 4 nitrogen and oxygen atoms in total. The molecule has 2 N–H and O–H groups in total. The normalized spacial score (nSPS) is 10.8. The van der Waals surface area contributed by atoms with Gasteiger partial charge in [-0.2, -0.15) is 0 Å². The fourth-order valence-corrected chi connectivity index (χ4v) is 1.74. The van der Waals surface area contributed by atoms with Crippen molar-refractivity contribution in [1.82, 2.24) is 15.0 Å². The molecule has 0 aliphatic heterocycles. The predicted molar refractivity (Wildman–Crippen MR) is 61.0 cm³/mol. The molecule has 2 aromatic heterocycles. The Bertz CT molecular complexity index is 645. The minimum atomic E-state index is 0.213. The molecule has 0 saturated heterocycles. The second kappa shape index (κ2) is 3.34. The van der Waals surface area contributed by atoms with Crippen LogP contribution in [-0.2, 0) is 0 Å². The van der Waals surface area contributed by atoms with Crippen molar-refractivity contribution in [3.63, 3.8) is 0 Å². The SMILES string of the molecule is Oc1ccccc1-c1nccc2[nH]cnc12. The van der Waals surface area contributed by atoms with E-state index < -0.39 is 0 Å². The second-order valence-corrected chi connectivity index (χ2v) is 3.48. The average Bonchev–Trinajstić information content (AvgIpc) is 2.77. The number of nitrogens with zero attached hydrogens (tertiary/aromatic N) is 2. The topological polar surface area (TPSA) is 61.8 Å². The Morgan fingerprint density at radius 2 is 1.94 bits per heavy atom. The van der Waals surface area contributed by atoms with Gasteiger partial charge in [-0.05, 0) is 18.2 Å². The molecule has 0 atom stereocenters. The number of hydrogen-bond donors (Lipinski definition) is 2. The highest BCUT2D eigenvalue weighted by Gasteiger charge is 2.10. The Morgan fingerprint density at radius 1 is 1.06 bits per heavy atom. The molecule has 4 heteroatoms. The first kappa shape index (κ1) is 8.91. The predicted octanol–water partition coefficient (Wildman–Crippen LogP) is 2.33. The van der Waals surface area contributed by atoms with Crippen LogP contribution in [0.4, 0.5) is 0 Å². The number of H-pyrrole nitrogens is 1. The summed E-state index contributed by atoms with van der Waals surface area (Å²) in [5.74, 6) is 0.213. The number of rotatable bonds is 1. The molecule has 78 valence electrons. The summed E-state index contributed by atoms with van der Waals surface area (Å²) in [5.41, 5.74) is 3.06. The molecular formula is C12H9N3O. The van der Waals surface area contributed by atoms with Crippen LogP contribution in [-0.4, -0.2) is 20.1 Å². The van der Waals surface area contributed by atoms with Gasteiger partial charge in [-0.3, -0.25) is 4.98 Å². The van der Waals surface area contributed by atoms with Crippen LogP contribution in [0.3, 0.4) is 0 Å². The average molecular weight is 211 g/mol. The zero-order valence-corrected chi connectivity index (χ0v) is 8.38. The van der Waals surface area contributed by atoms with Crippen molar-refractivity contribution in [2.75, 3.05) is 0 Å². The lowest BCUT2D eigenvalue weighted by Gasteiger charge is -2.03.